The van der Waals surface area contributed by atoms with Gasteiger partial charge in [-0.2, -0.15) is 18.3 Å². The molecule has 4 rings (SSSR count). The number of alkyl halides is 3. The number of aromatic nitrogens is 2. The lowest BCUT2D eigenvalue weighted by Gasteiger charge is -2.29. The molecule has 1 aromatic heterocycles. The number of nitrogens with zero attached hydrogens (tertiary/aromatic N) is 3. The summed E-state index contributed by atoms with van der Waals surface area (Å²) in [6.07, 6.45) is -3.37. The van der Waals surface area contributed by atoms with E-state index in [9.17, 15) is 31.5 Å². The molecule has 9 nitrogen and oxygen atoms in total. The van der Waals surface area contributed by atoms with Crippen molar-refractivity contribution in [3.8, 4) is 5.75 Å². The van der Waals surface area contributed by atoms with Crippen LogP contribution in [0.15, 0.2) is 29.2 Å². The van der Waals surface area contributed by atoms with Crippen LogP contribution in [0.2, 0.25) is 5.02 Å². The number of hydrogen-bond acceptors (Lipinski definition) is 7. The zero-order valence-corrected chi connectivity index (χ0v) is 20.8. The lowest BCUT2D eigenvalue weighted by molar-refractivity contribution is -0.153. The van der Waals surface area contributed by atoms with Crippen molar-refractivity contribution < 1.29 is 41.0 Å². The minimum Gasteiger partial charge on any atom is -0.484 e. The molecule has 2 aliphatic rings. The fourth-order valence-corrected chi connectivity index (χ4v) is 6.81. The maximum atomic E-state index is 13.5. The summed E-state index contributed by atoms with van der Waals surface area (Å²) in [5.74, 6) is -0.887. The van der Waals surface area contributed by atoms with Crippen molar-refractivity contribution in [2.45, 2.75) is 54.6 Å². The normalized spacial score (nSPS) is 21.6. The van der Waals surface area contributed by atoms with E-state index < -0.39 is 39.9 Å². The fourth-order valence-electron chi connectivity index (χ4n) is 4.57. The SMILES string of the molecule is Cc1cc(N2C[C@H](S(=O)(=O)c3ccc(OCC(F)(F)F)cc3Cl)C[C@@H]2C(=O)O)n(C2CCOCC2)n1. The first-order valence-corrected chi connectivity index (χ1v) is 13.2. The van der Waals surface area contributed by atoms with Gasteiger partial charge >= 0.3 is 12.1 Å². The molecule has 0 unspecified atom stereocenters. The molecule has 0 aliphatic carbocycles. The van der Waals surface area contributed by atoms with Crippen molar-refractivity contribution in [1.29, 1.82) is 0 Å². The van der Waals surface area contributed by atoms with Gasteiger partial charge in [-0.1, -0.05) is 11.6 Å². The smallest absolute Gasteiger partial charge is 0.422 e. The predicted octanol–water partition coefficient (Wildman–Crippen LogP) is 3.64. The van der Waals surface area contributed by atoms with Crippen molar-refractivity contribution in [1.82, 2.24) is 9.78 Å². The zero-order chi connectivity index (χ0) is 26.3. The Morgan fingerprint density at radius 1 is 1.28 bits per heavy atom. The van der Waals surface area contributed by atoms with Crippen molar-refractivity contribution >= 4 is 33.2 Å². The van der Waals surface area contributed by atoms with Crippen LogP contribution in [-0.2, 0) is 19.4 Å². The quantitative estimate of drug-likeness (QED) is 0.555. The Hall–Kier alpha value is -2.51. The molecule has 0 spiro atoms. The number of anilines is 1. The number of sulfone groups is 1. The van der Waals surface area contributed by atoms with Crippen LogP contribution < -0.4 is 9.64 Å². The maximum absolute atomic E-state index is 13.5. The third-order valence-corrected chi connectivity index (χ3v) is 8.88. The summed E-state index contributed by atoms with van der Waals surface area (Å²) in [6, 6.07) is 3.79. The Bertz CT molecular complexity index is 1230. The number of carbonyl (C=O) groups is 1. The van der Waals surface area contributed by atoms with E-state index >= 15 is 0 Å². The first kappa shape index (κ1) is 26.6. The van der Waals surface area contributed by atoms with Crippen LogP contribution in [0.3, 0.4) is 0 Å². The molecule has 198 valence electrons. The van der Waals surface area contributed by atoms with Gasteiger partial charge in [0, 0.05) is 31.9 Å². The molecule has 2 aromatic rings. The Labute approximate surface area is 210 Å². The molecule has 3 heterocycles. The first-order chi connectivity index (χ1) is 16.9. The summed E-state index contributed by atoms with van der Waals surface area (Å²) in [6.45, 7) is 1.21. The standard InChI is InChI=1S/C22H25ClF3N3O6S/c1-13-8-20(29(27-13)14-4-6-34-7-5-14)28-11-16(10-18(28)21(30)31)36(32,33)19-3-2-15(9-17(19)23)35-12-22(24,25)26/h2-3,8-9,14,16,18H,4-7,10-12H2,1H3,(H,30,31)/t16-,18-/m1/s1. The van der Waals surface area contributed by atoms with Gasteiger partial charge in [0.05, 0.1) is 26.9 Å². The lowest BCUT2D eigenvalue weighted by Crippen LogP contribution is -2.38. The average Bonchev–Trinajstić information content (AvgIpc) is 3.42. The monoisotopic (exact) mass is 551 g/mol. The number of aliphatic carboxylic acids is 1. The molecule has 0 bridgehead atoms. The number of ether oxygens (including phenoxy) is 2. The number of hydrogen-bond donors (Lipinski definition) is 1. The lowest BCUT2D eigenvalue weighted by atomic mass is 10.1. The van der Waals surface area contributed by atoms with Crippen LogP contribution in [0.1, 0.15) is 31.0 Å². The minimum absolute atomic E-state index is 0.00811. The highest BCUT2D eigenvalue weighted by Crippen LogP contribution is 2.37. The van der Waals surface area contributed by atoms with Crippen LogP contribution >= 0.6 is 11.6 Å². The van der Waals surface area contributed by atoms with Gasteiger partial charge in [-0.05, 0) is 38.3 Å². The average molecular weight is 552 g/mol. The van der Waals surface area contributed by atoms with Crippen molar-refractivity contribution in [2.75, 3.05) is 31.3 Å². The van der Waals surface area contributed by atoms with Crippen LogP contribution in [0.25, 0.3) is 0 Å². The van der Waals surface area contributed by atoms with E-state index in [-0.39, 0.29) is 34.7 Å². The van der Waals surface area contributed by atoms with Gasteiger partial charge in [0.2, 0.25) is 0 Å². The van der Waals surface area contributed by atoms with Gasteiger partial charge in [-0.15, -0.1) is 0 Å². The number of aryl methyl sites for hydroxylation is 1. The summed E-state index contributed by atoms with van der Waals surface area (Å²) < 4.78 is 76.0. The number of benzene rings is 1. The second kappa shape index (κ2) is 10.1. The van der Waals surface area contributed by atoms with Gasteiger partial charge in [0.25, 0.3) is 0 Å². The summed E-state index contributed by atoms with van der Waals surface area (Å²) >= 11 is 6.13. The number of rotatable bonds is 7. The van der Waals surface area contributed by atoms with Crippen LogP contribution in [-0.4, -0.2) is 73.1 Å². The van der Waals surface area contributed by atoms with Gasteiger partial charge in [-0.3, -0.25) is 0 Å². The van der Waals surface area contributed by atoms with Crippen LogP contribution in [0, 0.1) is 6.92 Å². The van der Waals surface area contributed by atoms with Crippen LogP contribution in [0.4, 0.5) is 19.0 Å². The Kier molecular flexibility index (Phi) is 7.45. The van der Waals surface area contributed by atoms with E-state index in [0.29, 0.717) is 37.6 Å². The molecule has 2 saturated heterocycles. The maximum Gasteiger partial charge on any atom is 0.422 e. The largest absolute Gasteiger partial charge is 0.484 e. The van der Waals surface area contributed by atoms with E-state index in [1.807, 2.05) is 0 Å². The Morgan fingerprint density at radius 2 is 1.97 bits per heavy atom. The number of carboxylic acids is 1. The van der Waals surface area contributed by atoms with Crippen molar-refractivity contribution in [2.24, 2.45) is 0 Å². The minimum atomic E-state index is -4.56. The van der Waals surface area contributed by atoms with Crippen molar-refractivity contribution in [3.63, 3.8) is 0 Å². The highest BCUT2D eigenvalue weighted by molar-refractivity contribution is 7.92. The summed E-state index contributed by atoms with van der Waals surface area (Å²) in [4.78, 5) is 13.4. The highest BCUT2D eigenvalue weighted by atomic mass is 35.5. The van der Waals surface area contributed by atoms with Crippen molar-refractivity contribution in [3.05, 3.63) is 35.0 Å². The summed E-state index contributed by atoms with van der Waals surface area (Å²) in [5.41, 5.74) is 0.671. The molecule has 2 aliphatic heterocycles. The fraction of sp³-hybridized carbons (Fsp3) is 0.545. The topological polar surface area (TPSA) is 111 Å². The Morgan fingerprint density at radius 3 is 2.58 bits per heavy atom. The predicted molar refractivity (Wildman–Crippen MR) is 123 cm³/mol. The second-order valence-electron chi connectivity index (χ2n) is 8.84. The summed E-state index contributed by atoms with van der Waals surface area (Å²) in [7, 11) is -4.13. The van der Waals surface area contributed by atoms with Gasteiger partial charge in [0.15, 0.2) is 16.4 Å². The van der Waals surface area contributed by atoms with E-state index in [4.69, 9.17) is 16.3 Å². The Balaban J connectivity index is 1.61. The van der Waals surface area contributed by atoms with E-state index in [2.05, 4.69) is 9.84 Å². The second-order valence-corrected chi connectivity index (χ2v) is 11.4. The van der Waals surface area contributed by atoms with E-state index in [1.54, 1.807) is 17.7 Å². The van der Waals surface area contributed by atoms with E-state index in [0.717, 1.165) is 18.2 Å². The molecule has 0 saturated carbocycles. The van der Waals surface area contributed by atoms with E-state index in [1.165, 1.54) is 4.90 Å². The third-order valence-electron chi connectivity index (χ3n) is 6.27. The molecule has 36 heavy (non-hydrogen) atoms. The van der Waals surface area contributed by atoms with Gasteiger partial charge in [0.1, 0.15) is 17.6 Å². The molecule has 1 N–H and O–H groups in total. The molecular formula is C22H25ClF3N3O6S. The number of carboxylic acid groups (broad SMARTS) is 1. The molecule has 1 aromatic carbocycles. The van der Waals surface area contributed by atoms with Gasteiger partial charge in [-0.25, -0.2) is 17.9 Å². The first-order valence-electron chi connectivity index (χ1n) is 11.2. The summed E-state index contributed by atoms with van der Waals surface area (Å²) in [5, 5.41) is 13.0. The molecular weight excluding hydrogens is 527 g/mol. The molecule has 0 amide bonds. The molecule has 14 heteroatoms. The molecule has 2 atom stereocenters. The molecule has 2 fully saturated rings. The molecule has 0 radical (unpaired) electrons. The highest BCUT2D eigenvalue weighted by Gasteiger charge is 2.45. The third kappa shape index (κ3) is 5.57. The van der Waals surface area contributed by atoms with Gasteiger partial charge < -0.3 is 19.5 Å². The number of halogens is 4. The van der Waals surface area contributed by atoms with Crippen LogP contribution in [0.5, 0.6) is 5.75 Å². The zero-order valence-electron chi connectivity index (χ0n) is 19.2.